The van der Waals surface area contributed by atoms with Crippen LogP contribution in [0.25, 0.3) is 0 Å². The van der Waals surface area contributed by atoms with E-state index in [1.54, 1.807) is 12.4 Å². The van der Waals surface area contributed by atoms with Gasteiger partial charge in [-0.3, -0.25) is 14.7 Å². The molecule has 2 aliphatic rings. The largest absolute Gasteiger partial charge is 0.334 e. The third kappa shape index (κ3) is 2.37. The molecule has 0 atom stereocenters. The summed E-state index contributed by atoms with van der Waals surface area (Å²) >= 11 is 0. The van der Waals surface area contributed by atoms with Crippen molar-refractivity contribution < 1.29 is 4.79 Å². The normalized spacial score (nSPS) is 18.6. The molecule has 0 unspecified atom stereocenters. The molecule has 0 spiro atoms. The summed E-state index contributed by atoms with van der Waals surface area (Å²) in [5, 5.41) is 0. The first-order valence-electron chi connectivity index (χ1n) is 7.67. The van der Waals surface area contributed by atoms with E-state index in [1.165, 1.54) is 17.3 Å². The van der Waals surface area contributed by atoms with Crippen LogP contribution < -0.4 is 0 Å². The van der Waals surface area contributed by atoms with Crippen molar-refractivity contribution >= 4 is 5.91 Å². The van der Waals surface area contributed by atoms with Crippen LogP contribution in [0.3, 0.4) is 0 Å². The minimum absolute atomic E-state index is 0.0123. The van der Waals surface area contributed by atoms with Crippen LogP contribution in [0.4, 0.5) is 0 Å². The Morgan fingerprint density at radius 2 is 1.95 bits per heavy atom. The number of likely N-dealkylation sites (tertiary alicyclic amines) is 1. The van der Waals surface area contributed by atoms with Gasteiger partial charge >= 0.3 is 0 Å². The second-order valence-corrected chi connectivity index (χ2v) is 5.94. The minimum atomic E-state index is -0.0123. The van der Waals surface area contributed by atoms with Gasteiger partial charge in [-0.15, -0.1) is 0 Å². The number of amides is 1. The highest BCUT2D eigenvalue weighted by molar-refractivity contribution is 5.92. The molecule has 0 aliphatic carbocycles. The topological polar surface area (TPSA) is 49.3 Å². The van der Waals surface area contributed by atoms with Gasteiger partial charge in [0, 0.05) is 44.6 Å². The molecule has 3 heterocycles. The van der Waals surface area contributed by atoms with E-state index in [0.717, 1.165) is 32.6 Å². The van der Waals surface area contributed by atoms with E-state index < -0.39 is 0 Å². The maximum absolute atomic E-state index is 12.3. The van der Waals surface area contributed by atoms with Crippen LogP contribution >= 0.6 is 0 Å². The van der Waals surface area contributed by atoms with Gasteiger partial charge in [-0.05, 0) is 17.5 Å². The van der Waals surface area contributed by atoms with Crippen LogP contribution in [0, 0.1) is 0 Å². The van der Waals surface area contributed by atoms with Gasteiger partial charge in [-0.1, -0.05) is 24.3 Å². The van der Waals surface area contributed by atoms with Crippen molar-refractivity contribution in [2.24, 2.45) is 0 Å². The number of nitrogens with zero attached hydrogens (tertiary/aromatic N) is 4. The molecule has 2 aromatic rings. The van der Waals surface area contributed by atoms with E-state index in [0.29, 0.717) is 11.7 Å². The van der Waals surface area contributed by atoms with Gasteiger partial charge in [-0.2, -0.15) is 0 Å². The van der Waals surface area contributed by atoms with Crippen LogP contribution in [0.2, 0.25) is 0 Å². The van der Waals surface area contributed by atoms with E-state index in [1.807, 2.05) is 4.90 Å². The summed E-state index contributed by atoms with van der Waals surface area (Å²) in [5.74, 6) is -0.0123. The summed E-state index contributed by atoms with van der Waals surface area (Å²) in [7, 11) is 0. The first kappa shape index (κ1) is 13.4. The third-order valence-electron chi connectivity index (χ3n) is 4.61. The predicted octanol–water partition coefficient (Wildman–Crippen LogP) is 1.36. The monoisotopic (exact) mass is 294 g/mol. The molecule has 5 heteroatoms. The number of aromatic nitrogens is 2. The molecular formula is C17H18N4O. The number of rotatable bonds is 2. The highest BCUT2D eigenvalue weighted by atomic mass is 16.2. The molecule has 1 aromatic heterocycles. The number of carbonyl (C=O) groups excluding carboxylic acids is 1. The van der Waals surface area contributed by atoms with Gasteiger partial charge in [-0.25, -0.2) is 4.98 Å². The summed E-state index contributed by atoms with van der Waals surface area (Å²) < 4.78 is 0. The molecule has 0 N–H and O–H groups in total. The second-order valence-electron chi connectivity index (χ2n) is 5.94. The lowest BCUT2D eigenvalue weighted by molar-refractivity contribution is 0.0214. The lowest BCUT2D eigenvalue weighted by atomic mass is 9.96. The van der Waals surface area contributed by atoms with Crippen LogP contribution in [0.15, 0.2) is 42.9 Å². The Bertz CT molecular complexity index is 682. The van der Waals surface area contributed by atoms with Gasteiger partial charge in [0.2, 0.25) is 0 Å². The number of fused-ring (bicyclic) bond motifs is 1. The lowest BCUT2D eigenvalue weighted by Gasteiger charge is -2.46. The fourth-order valence-electron chi connectivity index (χ4n) is 3.25. The summed E-state index contributed by atoms with van der Waals surface area (Å²) in [6.45, 7) is 3.65. The van der Waals surface area contributed by atoms with Gasteiger partial charge < -0.3 is 4.90 Å². The van der Waals surface area contributed by atoms with Crippen LogP contribution in [0.1, 0.15) is 21.6 Å². The van der Waals surface area contributed by atoms with E-state index in [-0.39, 0.29) is 5.91 Å². The lowest BCUT2D eigenvalue weighted by Crippen LogP contribution is -2.61. The zero-order valence-electron chi connectivity index (χ0n) is 12.4. The van der Waals surface area contributed by atoms with Gasteiger partial charge in [0.1, 0.15) is 5.69 Å². The van der Waals surface area contributed by atoms with E-state index in [9.17, 15) is 4.79 Å². The number of benzene rings is 1. The molecule has 22 heavy (non-hydrogen) atoms. The molecule has 1 saturated heterocycles. The maximum Gasteiger partial charge on any atom is 0.274 e. The smallest absolute Gasteiger partial charge is 0.274 e. The number of carbonyl (C=O) groups is 1. The Labute approximate surface area is 129 Å². The first-order chi connectivity index (χ1) is 10.8. The molecule has 2 aliphatic heterocycles. The summed E-state index contributed by atoms with van der Waals surface area (Å²) in [4.78, 5) is 24.6. The van der Waals surface area contributed by atoms with E-state index in [2.05, 4.69) is 39.1 Å². The Morgan fingerprint density at radius 3 is 2.73 bits per heavy atom. The van der Waals surface area contributed by atoms with Gasteiger partial charge in [0.25, 0.3) is 5.91 Å². The average molecular weight is 294 g/mol. The second kappa shape index (κ2) is 5.50. The van der Waals surface area contributed by atoms with Crippen molar-refractivity contribution in [2.45, 2.75) is 19.0 Å². The average Bonchev–Trinajstić information content (AvgIpc) is 2.54. The molecule has 0 saturated carbocycles. The maximum atomic E-state index is 12.3. The molecule has 0 radical (unpaired) electrons. The molecule has 4 rings (SSSR count). The highest BCUT2D eigenvalue weighted by Gasteiger charge is 2.36. The molecule has 5 nitrogen and oxygen atoms in total. The third-order valence-corrected chi connectivity index (χ3v) is 4.61. The molecule has 1 amide bonds. The van der Waals surface area contributed by atoms with Crippen LogP contribution in [-0.4, -0.2) is 51.4 Å². The fourth-order valence-corrected chi connectivity index (χ4v) is 3.25. The Kier molecular flexibility index (Phi) is 3.35. The van der Waals surface area contributed by atoms with Gasteiger partial charge in [0.05, 0.1) is 6.20 Å². The summed E-state index contributed by atoms with van der Waals surface area (Å²) in [5.41, 5.74) is 3.32. The zero-order valence-corrected chi connectivity index (χ0v) is 12.4. The van der Waals surface area contributed by atoms with E-state index >= 15 is 0 Å². The molecule has 1 fully saturated rings. The standard InChI is InChI=1S/C17H18N4O/c22-17(16-9-18-6-7-19-16)21-11-15(12-21)20-8-5-13-3-1-2-4-14(13)10-20/h1-4,6-7,9,15H,5,8,10-12H2. The molecule has 112 valence electrons. The van der Waals surface area contributed by atoms with Gasteiger partial charge in [0.15, 0.2) is 0 Å². The minimum Gasteiger partial charge on any atom is -0.334 e. The Hall–Kier alpha value is -2.27. The SMILES string of the molecule is O=C(c1cnccn1)N1CC(N2CCc3ccccc3C2)C1. The number of hydrogen-bond acceptors (Lipinski definition) is 4. The van der Waals surface area contributed by atoms with Crippen molar-refractivity contribution in [3.63, 3.8) is 0 Å². The Morgan fingerprint density at radius 1 is 1.14 bits per heavy atom. The predicted molar refractivity (Wildman–Crippen MR) is 82.3 cm³/mol. The van der Waals surface area contributed by atoms with Crippen molar-refractivity contribution in [1.29, 1.82) is 0 Å². The van der Waals surface area contributed by atoms with Crippen LogP contribution in [-0.2, 0) is 13.0 Å². The molecular weight excluding hydrogens is 276 g/mol. The number of hydrogen-bond donors (Lipinski definition) is 0. The van der Waals surface area contributed by atoms with E-state index in [4.69, 9.17) is 0 Å². The molecule has 1 aromatic carbocycles. The first-order valence-corrected chi connectivity index (χ1v) is 7.67. The molecule has 0 bridgehead atoms. The summed E-state index contributed by atoms with van der Waals surface area (Å²) in [6.07, 6.45) is 5.78. The fraction of sp³-hybridized carbons (Fsp3) is 0.353. The van der Waals surface area contributed by atoms with Crippen molar-refractivity contribution in [1.82, 2.24) is 19.8 Å². The Balaban J connectivity index is 1.37. The quantitative estimate of drug-likeness (QED) is 0.839. The van der Waals surface area contributed by atoms with Crippen molar-refractivity contribution in [2.75, 3.05) is 19.6 Å². The van der Waals surface area contributed by atoms with Crippen LogP contribution in [0.5, 0.6) is 0 Å². The zero-order chi connectivity index (χ0) is 14.9. The van der Waals surface area contributed by atoms with Crippen molar-refractivity contribution in [3.8, 4) is 0 Å². The van der Waals surface area contributed by atoms with Crippen molar-refractivity contribution in [3.05, 3.63) is 59.7 Å². The highest BCUT2D eigenvalue weighted by Crippen LogP contribution is 2.24. The summed E-state index contributed by atoms with van der Waals surface area (Å²) in [6, 6.07) is 9.11.